The van der Waals surface area contributed by atoms with Crippen LogP contribution in [0.1, 0.15) is 27.0 Å². The van der Waals surface area contributed by atoms with Gasteiger partial charge < -0.3 is 4.74 Å². The first-order valence-electron chi connectivity index (χ1n) is 6.95. The summed E-state index contributed by atoms with van der Waals surface area (Å²) >= 11 is 1.22. The summed E-state index contributed by atoms with van der Waals surface area (Å²) in [5.74, 6) is 0.263. The molecule has 0 N–H and O–H groups in total. The molecule has 0 amide bonds. The number of hydrogen-bond donors (Lipinski definition) is 0. The molecule has 0 atom stereocenters. The second-order valence-corrected chi connectivity index (χ2v) is 5.55. The van der Waals surface area contributed by atoms with E-state index in [2.05, 4.69) is 25.7 Å². The molecule has 0 unspecified atom stereocenters. The van der Waals surface area contributed by atoms with E-state index in [9.17, 15) is 4.79 Å². The number of hydrogen-bond acceptors (Lipinski definition) is 8. The first-order chi connectivity index (χ1) is 11.0. The van der Waals surface area contributed by atoms with Crippen molar-refractivity contribution < 1.29 is 6.11 Å². The molecular formula is C11H14N8O2S. The van der Waals surface area contributed by atoms with Gasteiger partial charge in [0, 0.05) is 24.6 Å². The number of tetrazole rings is 1. The number of ether oxygens (including phenoxy) is 1. The minimum Gasteiger partial charge on any atom is -0.463 e. The van der Waals surface area contributed by atoms with Crippen LogP contribution in [0.4, 0.5) is 0 Å². The summed E-state index contributed by atoms with van der Waals surface area (Å²) in [7, 11) is 1.50. The van der Waals surface area contributed by atoms with Gasteiger partial charge in [0.05, 0.1) is 1.37 Å². The third kappa shape index (κ3) is 2.50. The van der Waals surface area contributed by atoms with Crippen LogP contribution in [0.25, 0.3) is 5.82 Å². The lowest BCUT2D eigenvalue weighted by atomic mass is 10.3. The Bertz CT molecular complexity index is 879. The van der Waals surface area contributed by atoms with Gasteiger partial charge in [0.2, 0.25) is 5.82 Å². The minimum atomic E-state index is -0.426. The quantitative estimate of drug-likeness (QED) is 0.659. The van der Waals surface area contributed by atoms with Gasteiger partial charge in [0.15, 0.2) is 0 Å². The van der Waals surface area contributed by atoms with Gasteiger partial charge in [-0.1, -0.05) is 16.6 Å². The number of rotatable bonds is 5. The lowest BCUT2D eigenvalue weighted by molar-refractivity contribution is 0.285. The molecule has 0 aliphatic heterocycles. The molecule has 3 rings (SSSR count). The van der Waals surface area contributed by atoms with E-state index >= 15 is 0 Å². The zero-order valence-electron chi connectivity index (χ0n) is 13.2. The molecule has 0 aromatic carbocycles. The Hall–Kier alpha value is -2.56. The number of aromatic nitrogens is 8. The molecule has 3 aromatic heterocycles. The Labute approximate surface area is 130 Å². The highest BCUT2D eigenvalue weighted by atomic mass is 32.1. The van der Waals surface area contributed by atoms with E-state index in [1.807, 2.05) is 13.8 Å². The molecule has 3 heterocycles. The number of nitrogens with zero attached hydrogens (tertiary/aromatic N) is 8. The average Bonchev–Trinajstić information content (AvgIpc) is 3.18. The van der Waals surface area contributed by atoms with Crippen molar-refractivity contribution in [3.63, 3.8) is 0 Å². The highest BCUT2D eigenvalue weighted by Crippen LogP contribution is 2.19. The van der Waals surface area contributed by atoms with Crippen LogP contribution >= 0.6 is 11.3 Å². The van der Waals surface area contributed by atoms with Gasteiger partial charge in [-0.2, -0.15) is 4.68 Å². The summed E-state index contributed by atoms with van der Waals surface area (Å²) in [6.45, 7) is 3.97. The van der Waals surface area contributed by atoms with Gasteiger partial charge >= 0.3 is 5.69 Å². The summed E-state index contributed by atoms with van der Waals surface area (Å²) in [5.41, 5.74) is 0.147. The Morgan fingerprint density at radius 1 is 1.41 bits per heavy atom. The predicted octanol–water partition coefficient (Wildman–Crippen LogP) is 0.174. The van der Waals surface area contributed by atoms with E-state index in [0.29, 0.717) is 10.9 Å². The van der Waals surface area contributed by atoms with Gasteiger partial charge in [0.25, 0.3) is 5.19 Å². The zero-order chi connectivity index (χ0) is 16.6. The minimum absolute atomic E-state index is 0.0188. The Morgan fingerprint density at radius 2 is 2.23 bits per heavy atom. The Balaban J connectivity index is 1.97. The molecule has 11 heteroatoms. The maximum atomic E-state index is 12.0. The topological polar surface area (TPSA) is 106 Å². The van der Waals surface area contributed by atoms with Crippen molar-refractivity contribution >= 4 is 11.3 Å². The Morgan fingerprint density at radius 3 is 2.82 bits per heavy atom. The van der Waals surface area contributed by atoms with Crippen molar-refractivity contribution in [3.05, 3.63) is 27.7 Å². The van der Waals surface area contributed by atoms with Gasteiger partial charge in [-0.25, -0.2) is 14.5 Å². The monoisotopic (exact) mass is 324 g/mol. The fourth-order valence-corrected chi connectivity index (χ4v) is 2.28. The van der Waals surface area contributed by atoms with Crippen LogP contribution in [0, 0.1) is 0 Å². The van der Waals surface area contributed by atoms with Crippen molar-refractivity contribution in [2.24, 2.45) is 7.05 Å². The van der Waals surface area contributed by atoms with Crippen molar-refractivity contribution in [2.45, 2.75) is 26.5 Å². The van der Waals surface area contributed by atoms with Crippen LogP contribution in [0.15, 0.2) is 16.3 Å². The highest BCUT2D eigenvalue weighted by molar-refractivity contribution is 7.11. The fraction of sp³-hybridized carbons (Fsp3) is 0.455. The molecule has 0 aliphatic carbocycles. The van der Waals surface area contributed by atoms with Crippen LogP contribution in [-0.2, 0) is 13.7 Å². The molecule has 10 nitrogen and oxygen atoms in total. The summed E-state index contributed by atoms with van der Waals surface area (Å²) in [5, 5.41) is 17.5. The van der Waals surface area contributed by atoms with E-state index in [1.165, 1.54) is 18.4 Å². The van der Waals surface area contributed by atoms with Crippen molar-refractivity contribution in [3.8, 4) is 11.0 Å². The SMILES string of the molecule is [3H]c1csc(OCc2c(-n3nnn(C)c3=O)nnn2C(C)C)n1. The second-order valence-electron chi connectivity index (χ2n) is 4.73. The third-order valence-corrected chi connectivity index (χ3v) is 3.52. The molecule has 22 heavy (non-hydrogen) atoms. The first kappa shape index (κ1) is 13.1. The molecule has 0 aliphatic rings. The Kier molecular flexibility index (Phi) is 3.39. The summed E-state index contributed by atoms with van der Waals surface area (Å²) < 4.78 is 16.8. The van der Waals surface area contributed by atoms with E-state index in [0.717, 1.165) is 9.36 Å². The second kappa shape index (κ2) is 5.67. The predicted molar refractivity (Wildman–Crippen MR) is 77.0 cm³/mol. The lowest BCUT2D eigenvalue weighted by Crippen LogP contribution is -2.23. The highest BCUT2D eigenvalue weighted by Gasteiger charge is 2.21. The molecule has 0 saturated heterocycles. The summed E-state index contributed by atoms with van der Waals surface area (Å²) in [6, 6.07) is 0.0188. The summed E-state index contributed by atoms with van der Waals surface area (Å²) in [4.78, 5) is 15.9. The molecule has 0 saturated carbocycles. The van der Waals surface area contributed by atoms with Crippen molar-refractivity contribution in [1.29, 1.82) is 0 Å². The molecule has 3 aromatic rings. The van der Waals surface area contributed by atoms with Gasteiger partial charge in [-0.3, -0.25) is 0 Å². The van der Waals surface area contributed by atoms with E-state index in [1.54, 1.807) is 10.1 Å². The van der Waals surface area contributed by atoms with Crippen molar-refractivity contribution in [2.75, 3.05) is 0 Å². The lowest BCUT2D eigenvalue weighted by Gasteiger charge is -2.10. The van der Waals surface area contributed by atoms with E-state index in [4.69, 9.17) is 6.11 Å². The van der Waals surface area contributed by atoms with Crippen LogP contribution in [0.2, 0.25) is 0 Å². The maximum absolute atomic E-state index is 12.0. The van der Waals surface area contributed by atoms with Crippen LogP contribution in [0.5, 0.6) is 5.19 Å². The molecule has 0 fully saturated rings. The van der Waals surface area contributed by atoms with Gasteiger partial charge in [0.1, 0.15) is 12.3 Å². The molecular weight excluding hydrogens is 308 g/mol. The van der Waals surface area contributed by atoms with Crippen LogP contribution in [-0.4, -0.2) is 39.8 Å². The molecule has 0 spiro atoms. The smallest absolute Gasteiger partial charge is 0.369 e. The molecule has 0 bridgehead atoms. The normalized spacial score (nSPS) is 11.9. The summed E-state index contributed by atoms with van der Waals surface area (Å²) in [6.07, 6.45) is 0.144. The number of aryl methyl sites for hydroxylation is 1. The number of thiazole rings is 1. The average molecular weight is 324 g/mol. The largest absolute Gasteiger partial charge is 0.463 e. The van der Waals surface area contributed by atoms with E-state index in [-0.39, 0.29) is 24.6 Å². The van der Waals surface area contributed by atoms with Crippen molar-refractivity contribution in [1.82, 2.24) is 39.8 Å². The zero-order valence-corrected chi connectivity index (χ0v) is 13.0. The third-order valence-electron chi connectivity index (χ3n) is 2.88. The maximum Gasteiger partial charge on any atom is 0.369 e. The van der Waals surface area contributed by atoms with E-state index < -0.39 is 5.69 Å². The van der Waals surface area contributed by atoms with Gasteiger partial charge in [-0.05, 0) is 24.3 Å². The van der Waals surface area contributed by atoms with Gasteiger partial charge in [-0.15, -0.1) is 9.78 Å². The fourth-order valence-electron chi connectivity index (χ4n) is 1.84. The first-order valence-corrected chi connectivity index (χ1v) is 7.33. The standard InChI is InChI=1S/C11H14N8O2S/c1-7(2)18-8(6-21-10-12-4-5-22-10)9(13-14-18)19-11(20)17(3)15-16-19/h4-5,7H,6H2,1-3H3/i4T. The molecule has 116 valence electrons. The van der Waals surface area contributed by atoms with Crippen LogP contribution in [0.3, 0.4) is 0 Å². The molecule has 0 radical (unpaired) electrons. The van der Waals surface area contributed by atoms with Crippen LogP contribution < -0.4 is 10.4 Å².